The number of fused-ring (bicyclic) bond motifs is 1. The third kappa shape index (κ3) is 1.69. The molecule has 0 aromatic rings. The average Bonchev–Trinajstić information content (AvgIpc) is 2.36. The van der Waals surface area contributed by atoms with Gasteiger partial charge in [0.25, 0.3) is 0 Å². The van der Waals surface area contributed by atoms with Crippen molar-refractivity contribution in [2.75, 3.05) is 0 Å². The van der Waals surface area contributed by atoms with E-state index in [4.69, 9.17) is 4.74 Å². The summed E-state index contributed by atoms with van der Waals surface area (Å²) in [6, 6.07) is 0. The third-order valence-corrected chi connectivity index (χ3v) is 3.55. The Morgan fingerprint density at radius 2 is 2.27 bits per heavy atom. The fraction of sp³-hybridized carbons (Fsp3) is 0.750. The first kappa shape index (κ1) is 10.7. The van der Waals surface area contributed by atoms with Gasteiger partial charge in [-0.2, -0.15) is 0 Å². The summed E-state index contributed by atoms with van der Waals surface area (Å²) in [5, 5.41) is 10.0. The second-order valence-corrected chi connectivity index (χ2v) is 5.28. The van der Waals surface area contributed by atoms with Gasteiger partial charge in [0.15, 0.2) is 0 Å². The summed E-state index contributed by atoms with van der Waals surface area (Å²) in [4.78, 5) is 11.3. The summed E-state index contributed by atoms with van der Waals surface area (Å²) < 4.78 is 5.27. The standard InChI is InChI=1S/C12H18O3/c1-7(2)8-4-10-12(3,5-9(8)13)6-11(14)15-10/h4,7,9-10,13H,5-6H2,1-3H3/t9-,10-,12-/m0/s1. The average molecular weight is 210 g/mol. The molecule has 15 heavy (non-hydrogen) atoms. The topological polar surface area (TPSA) is 46.5 Å². The molecule has 0 bridgehead atoms. The molecule has 3 nitrogen and oxygen atoms in total. The van der Waals surface area contributed by atoms with Crippen molar-refractivity contribution in [3.8, 4) is 0 Å². The van der Waals surface area contributed by atoms with Crippen LogP contribution in [-0.4, -0.2) is 23.3 Å². The van der Waals surface area contributed by atoms with E-state index in [0.29, 0.717) is 18.8 Å². The minimum absolute atomic E-state index is 0.134. The van der Waals surface area contributed by atoms with Crippen LogP contribution in [0.1, 0.15) is 33.6 Å². The molecule has 0 aromatic carbocycles. The molecule has 1 heterocycles. The fourth-order valence-electron chi connectivity index (χ4n) is 2.60. The van der Waals surface area contributed by atoms with E-state index in [1.54, 1.807) is 0 Å². The van der Waals surface area contributed by atoms with Crippen LogP contribution in [0.25, 0.3) is 0 Å². The molecule has 1 aliphatic carbocycles. The van der Waals surface area contributed by atoms with Gasteiger partial charge in [-0.25, -0.2) is 0 Å². The van der Waals surface area contributed by atoms with Crippen molar-refractivity contribution in [2.45, 2.75) is 45.8 Å². The number of aliphatic hydroxyl groups is 1. The Morgan fingerprint density at radius 1 is 1.60 bits per heavy atom. The first-order chi connectivity index (χ1) is 6.92. The zero-order valence-electron chi connectivity index (χ0n) is 9.49. The molecule has 0 amide bonds. The summed E-state index contributed by atoms with van der Waals surface area (Å²) >= 11 is 0. The van der Waals surface area contributed by atoms with Crippen LogP contribution in [0.3, 0.4) is 0 Å². The Kier molecular flexibility index (Phi) is 2.38. The molecule has 2 aliphatic rings. The normalized spacial score (nSPS) is 40.1. The lowest BCUT2D eigenvalue weighted by atomic mass is 9.71. The monoisotopic (exact) mass is 210 g/mol. The van der Waals surface area contributed by atoms with Crippen molar-refractivity contribution in [1.29, 1.82) is 0 Å². The van der Waals surface area contributed by atoms with Gasteiger partial charge in [-0.05, 0) is 24.0 Å². The van der Waals surface area contributed by atoms with Gasteiger partial charge in [0.05, 0.1) is 12.5 Å². The lowest BCUT2D eigenvalue weighted by molar-refractivity contribution is -0.140. The quantitative estimate of drug-likeness (QED) is 0.529. The van der Waals surface area contributed by atoms with E-state index in [-0.39, 0.29) is 17.5 Å². The molecule has 1 N–H and O–H groups in total. The van der Waals surface area contributed by atoms with Gasteiger partial charge in [0.1, 0.15) is 6.10 Å². The first-order valence-electron chi connectivity index (χ1n) is 5.51. The molecule has 0 spiro atoms. The number of esters is 1. The number of hydrogen-bond acceptors (Lipinski definition) is 3. The van der Waals surface area contributed by atoms with Crippen molar-refractivity contribution in [3.63, 3.8) is 0 Å². The smallest absolute Gasteiger partial charge is 0.307 e. The summed E-state index contributed by atoms with van der Waals surface area (Å²) in [5.74, 6) is 0.166. The van der Waals surface area contributed by atoms with Crippen molar-refractivity contribution in [3.05, 3.63) is 11.6 Å². The van der Waals surface area contributed by atoms with Gasteiger partial charge >= 0.3 is 5.97 Å². The van der Waals surface area contributed by atoms with Gasteiger partial charge in [-0.15, -0.1) is 0 Å². The largest absolute Gasteiger partial charge is 0.457 e. The van der Waals surface area contributed by atoms with Gasteiger partial charge in [0, 0.05) is 5.41 Å². The van der Waals surface area contributed by atoms with E-state index >= 15 is 0 Å². The summed E-state index contributed by atoms with van der Waals surface area (Å²) in [5.41, 5.74) is 0.807. The van der Waals surface area contributed by atoms with Gasteiger partial charge in [-0.1, -0.05) is 20.8 Å². The van der Waals surface area contributed by atoms with E-state index in [1.807, 2.05) is 13.0 Å². The van der Waals surface area contributed by atoms with Crippen LogP contribution >= 0.6 is 0 Å². The number of rotatable bonds is 1. The molecule has 1 fully saturated rings. The van der Waals surface area contributed by atoms with Crippen LogP contribution in [-0.2, 0) is 9.53 Å². The van der Waals surface area contributed by atoms with E-state index in [1.165, 1.54) is 0 Å². The predicted octanol–water partition coefficient (Wildman–Crippen LogP) is 1.66. The van der Waals surface area contributed by atoms with E-state index in [0.717, 1.165) is 5.57 Å². The number of carbonyl (C=O) groups excluding carboxylic acids is 1. The maximum atomic E-state index is 11.3. The third-order valence-electron chi connectivity index (χ3n) is 3.55. The number of ether oxygens (including phenoxy) is 1. The van der Waals surface area contributed by atoms with Crippen molar-refractivity contribution >= 4 is 5.97 Å². The van der Waals surface area contributed by atoms with Crippen molar-refractivity contribution in [1.82, 2.24) is 0 Å². The van der Waals surface area contributed by atoms with Crippen molar-refractivity contribution < 1.29 is 14.6 Å². The maximum Gasteiger partial charge on any atom is 0.307 e. The highest BCUT2D eigenvalue weighted by Gasteiger charge is 2.48. The predicted molar refractivity (Wildman–Crippen MR) is 56.1 cm³/mol. The summed E-state index contributed by atoms with van der Waals surface area (Å²) in [7, 11) is 0. The summed E-state index contributed by atoms with van der Waals surface area (Å²) in [6.07, 6.45) is 2.46. The van der Waals surface area contributed by atoms with Crippen LogP contribution in [0.15, 0.2) is 11.6 Å². The number of carbonyl (C=O) groups is 1. The molecule has 84 valence electrons. The lowest BCUT2D eigenvalue weighted by Crippen LogP contribution is -2.37. The van der Waals surface area contributed by atoms with E-state index < -0.39 is 6.10 Å². The highest BCUT2D eigenvalue weighted by atomic mass is 16.6. The fourth-order valence-corrected chi connectivity index (χ4v) is 2.60. The second-order valence-electron chi connectivity index (χ2n) is 5.28. The van der Waals surface area contributed by atoms with Crippen molar-refractivity contribution in [2.24, 2.45) is 11.3 Å². The number of aliphatic hydroxyl groups excluding tert-OH is 1. The lowest BCUT2D eigenvalue weighted by Gasteiger charge is -2.36. The Labute approximate surface area is 90.1 Å². The van der Waals surface area contributed by atoms with E-state index in [9.17, 15) is 9.90 Å². The second kappa shape index (κ2) is 3.34. The Morgan fingerprint density at radius 3 is 2.87 bits per heavy atom. The molecule has 0 saturated carbocycles. The molecule has 0 radical (unpaired) electrons. The molecule has 1 saturated heterocycles. The van der Waals surface area contributed by atoms with Crippen LogP contribution in [0.5, 0.6) is 0 Å². The highest BCUT2D eigenvalue weighted by Crippen LogP contribution is 2.45. The van der Waals surface area contributed by atoms with Crippen LogP contribution in [0.2, 0.25) is 0 Å². The summed E-state index contributed by atoms with van der Waals surface area (Å²) in [6.45, 7) is 6.11. The highest BCUT2D eigenvalue weighted by molar-refractivity contribution is 5.73. The van der Waals surface area contributed by atoms with E-state index in [2.05, 4.69) is 13.8 Å². The maximum absolute atomic E-state index is 11.3. The molecular formula is C12H18O3. The van der Waals surface area contributed by atoms with Gasteiger partial charge in [-0.3, -0.25) is 4.79 Å². The minimum atomic E-state index is -0.416. The Hall–Kier alpha value is -0.830. The molecule has 3 atom stereocenters. The molecule has 0 unspecified atom stereocenters. The molecule has 3 heteroatoms. The Bertz CT molecular complexity index is 319. The van der Waals surface area contributed by atoms with Gasteiger partial charge < -0.3 is 9.84 Å². The molecule has 0 aromatic heterocycles. The number of hydrogen-bond donors (Lipinski definition) is 1. The SMILES string of the molecule is CC(C)C1=C[C@@H]2OC(=O)C[C@]2(C)C[C@@H]1O. The van der Waals surface area contributed by atoms with Gasteiger partial charge in [0.2, 0.25) is 0 Å². The van der Waals surface area contributed by atoms with Crippen LogP contribution < -0.4 is 0 Å². The minimum Gasteiger partial charge on any atom is -0.457 e. The molecule has 1 aliphatic heterocycles. The molecule has 2 rings (SSSR count). The Balaban J connectivity index is 2.31. The van der Waals surface area contributed by atoms with Crippen LogP contribution in [0, 0.1) is 11.3 Å². The van der Waals surface area contributed by atoms with Crippen LogP contribution in [0.4, 0.5) is 0 Å². The first-order valence-corrected chi connectivity index (χ1v) is 5.51. The zero-order chi connectivity index (χ0) is 11.2. The molecular weight excluding hydrogens is 192 g/mol. The zero-order valence-corrected chi connectivity index (χ0v) is 9.49.